The number of nitrogens with one attached hydrogen (secondary N) is 1. The van der Waals surface area contributed by atoms with Crippen molar-refractivity contribution in [2.75, 3.05) is 26.2 Å². The molecule has 1 saturated carbocycles. The van der Waals surface area contributed by atoms with Crippen molar-refractivity contribution in [2.24, 2.45) is 7.05 Å². The van der Waals surface area contributed by atoms with Crippen LogP contribution in [-0.2, 0) is 13.5 Å². The highest BCUT2D eigenvalue weighted by Gasteiger charge is 2.35. The Morgan fingerprint density at radius 3 is 2.89 bits per heavy atom. The topological polar surface area (TPSA) is 33.1 Å². The van der Waals surface area contributed by atoms with Crippen LogP contribution in [0.15, 0.2) is 12.3 Å². The van der Waals surface area contributed by atoms with Crippen LogP contribution in [0.4, 0.5) is 0 Å². The zero-order valence-electron chi connectivity index (χ0n) is 12.1. The van der Waals surface area contributed by atoms with E-state index in [1.807, 2.05) is 17.9 Å². The molecule has 1 aromatic rings. The first-order valence-electron chi connectivity index (χ1n) is 7.72. The third-order valence-corrected chi connectivity index (χ3v) is 4.87. The van der Waals surface area contributed by atoms with Crippen molar-refractivity contribution < 1.29 is 0 Å². The van der Waals surface area contributed by atoms with E-state index in [1.165, 1.54) is 57.4 Å². The van der Waals surface area contributed by atoms with Gasteiger partial charge in [-0.25, -0.2) is 0 Å². The predicted octanol–water partition coefficient (Wildman–Crippen LogP) is 1.57. The normalized spacial score (nSPS) is 23.8. The van der Waals surface area contributed by atoms with E-state index in [2.05, 4.69) is 21.4 Å². The van der Waals surface area contributed by atoms with Gasteiger partial charge in [-0.05, 0) is 18.9 Å². The molecule has 0 amide bonds. The molecule has 4 heteroatoms. The van der Waals surface area contributed by atoms with Gasteiger partial charge < -0.3 is 5.32 Å². The molecule has 0 unspecified atom stereocenters. The van der Waals surface area contributed by atoms with E-state index >= 15 is 0 Å². The van der Waals surface area contributed by atoms with Gasteiger partial charge in [-0.3, -0.25) is 9.58 Å². The zero-order chi connectivity index (χ0) is 13.1. The van der Waals surface area contributed by atoms with E-state index in [1.54, 1.807) is 0 Å². The molecule has 1 saturated heterocycles. The Kier molecular flexibility index (Phi) is 3.89. The van der Waals surface area contributed by atoms with E-state index in [0.717, 1.165) is 13.0 Å². The van der Waals surface area contributed by atoms with Gasteiger partial charge in [0.1, 0.15) is 0 Å². The fourth-order valence-electron chi connectivity index (χ4n) is 3.72. The molecular weight excluding hydrogens is 236 g/mol. The van der Waals surface area contributed by atoms with E-state index < -0.39 is 0 Å². The van der Waals surface area contributed by atoms with Crippen molar-refractivity contribution in [3.8, 4) is 0 Å². The maximum Gasteiger partial charge on any atom is 0.0492 e. The molecule has 2 heterocycles. The average molecular weight is 262 g/mol. The van der Waals surface area contributed by atoms with Gasteiger partial charge in [0.15, 0.2) is 0 Å². The maximum atomic E-state index is 4.25. The lowest BCUT2D eigenvalue weighted by atomic mass is 9.80. The van der Waals surface area contributed by atoms with Crippen molar-refractivity contribution in [1.29, 1.82) is 0 Å². The Bertz CT molecular complexity index is 401. The van der Waals surface area contributed by atoms with Crippen LogP contribution in [0.5, 0.6) is 0 Å². The summed E-state index contributed by atoms with van der Waals surface area (Å²) >= 11 is 0. The van der Waals surface area contributed by atoms with Crippen LogP contribution in [0.25, 0.3) is 0 Å². The van der Waals surface area contributed by atoms with Gasteiger partial charge in [0.2, 0.25) is 0 Å². The summed E-state index contributed by atoms with van der Waals surface area (Å²) in [6.45, 7) is 4.76. The molecule has 1 spiro atoms. The Balaban J connectivity index is 1.55. The summed E-state index contributed by atoms with van der Waals surface area (Å²) < 4.78 is 2.00. The highest BCUT2D eigenvalue weighted by Crippen LogP contribution is 2.30. The Morgan fingerprint density at radius 1 is 1.32 bits per heavy atom. The van der Waals surface area contributed by atoms with Gasteiger partial charge in [-0.15, -0.1) is 0 Å². The van der Waals surface area contributed by atoms with Crippen molar-refractivity contribution in [3.63, 3.8) is 0 Å². The number of hydrogen-bond donors (Lipinski definition) is 1. The summed E-state index contributed by atoms with van der Waals surface area (Å²) in [5.41, 5.74) is 1.78. The van der Waals surface area contributed by atoms with Crippen molar-refractivity contribution in [3.05, 3.63) is 18.0 Å². The molecule has 106 valence electrons. The van der Waals surface area contributed by atoms with Gasteiger partial charge in [0.25, 0.3) is 0 Å². The minimum Gasteiger partial charge on any atom is -0.309 e. The number of rotatable bonds is 3. The van der Waals surface area contributed by atoms with Gasteiger partial charge in [0, 0.05) is 57.1 Å². The third kappa shape index (κ3) is 3.00. The molecular formula is C15H26N4. The molecule has 0 aromatic carbocycles. The van der Waals surface area contributed by atoms with Crippen molar-refractivity contribution >= 4 is 0 Å². The molecule has 0 bridgehead atoms. The second-order valence-electron chi connectivity index (χ2n) is 6.24. The monoisotopic (exact) mass is 262 g/mol. The molecule has 2 fully saturated rings. The first-order valence-corrected chi connectivity index (χ1v) is 7.72. The van der Waals surface area contributed by atoms with Gasteiger partial charge in [-0.2, -0.15) is 5.10 Å². The first-order chi connectivity index (χ1) is 9.27. The Labute approximate surface area is 116 Å². The molecule has 2 aliphatic rings. The number of piperazine rings is 1. The second kappa shape index (κ2) is 5.63. The summed E-state index contributed by atoms with van der Waals surface area (Å²) in [5.74, 6) is 0. The van der Waals surface area contributed by atoms with Crippen molar-refractivity contribution in [1.82, 2.24) is 20.0 Å². The molecule has 1 aliphatic heterocycles. The van der Waals surface area contributed by atoms with E-state index in [0.29, 0.717) is 5.54 Å². The first kappa shape index (κ1) is 13.1. The SMILES string of the molecule is Cn1nccc1CCN1CCNC2(CCCCC2)C1. The van der Waals surface area contributed by atoms with Gasteiger partial charge >= 0.3 is 0 Å². The number of hydrogen-bond acceptors (Lipinski definition) is 3. The molecule has 3 rings (SSSR count). The lowest BCUT2D eigenvalue weighted by Gasteiger charge is -2.46. The second-order valence-corrected chi connectivity index (χ2v) is 6.24. The molecule has 1 N–H and O–H groups in total. The summed E-state index contributed by atoms with van der Waals surface area (Å²) in [6, 6.07) is 2.14. The number of nitrogens with zero attached hydrogens (tertiary/aromatic N) is 3. The summed E-state index contributed by atoms with van der Waals surface area (Å²) in [5, 5.41) is 8.06. The lowest BCUT2D eigenvalue weighted by Crippen LogP contribution is -2.61. The largest absolute Gasteiger partial charge is 0.309 e. The number of aromatic nitrogens is 2. The molecule has 0 atom stereocenters. The van der Waals surface area contributed by atoms with Crippen LogP contribution < -0.4 is 5.32 Å². The summed E-state index contributed by atoms with van der Waals surface area (Å²) in [7, 11) is 2.04. The minimum absolute atomic E-state index is 0.433. The lowest BCUT2D eigenvalue weighted by molar-refractivity contribution is 0.1000. The smallest absolute Gasteiger partial charge is 0.0492 e. The van der Waals surface area contributed by atoms with Crippen molar-refractivity contribution in [2.45, 2.75) is 44.1 Å². The van der Waals surface area contributed by atoms with Crippen LogP contribution in [0.3, 0.4) is 0 Å². The molecule has 4 nitrogen and oxygen atoms in total. The van der Waals surface area contributed by atoms with E-state index in [9.17, 15) is 0 Å². The molecule has 1 aliphatic carbocycles. The number of aryl methyl sites for hydroxylation is 1. The van der Waals surface area contributed by atoms with Gasteiger partial charge in [-0.1, -0.05) is 19.3 Å². The summed E-state index contributed by atoms with van der Waals surface area (Å²) in [4.78, 5) is 2.65. The minimum atomic E-state index is 0.433. The van der Waals surface area contributed by atoms with E-state index in [-0.39, 0.29) is 0 Å². The molecule has 0 radical (unpaired) electrons. The third-order valence-electron chi connectivity index (χ3n) is 4.87. The highest BCUT2D eigenvalue weighted by atomic mass is 15.3. The molecule has 1 aromatic heterocycles. The summed E-state index contributed by atoms with van der Waals surface area (Å²) in [6.07, 6.45) is 10.00. The van der Waals surface area contributed by atoms with Crippen LogP contribution in [0, 0.1) is 0 Å². The van der Waals surface area contributed by atoms with Crippen LogP contribution >= 0.6 is 0 Å². The zero-order valence-corrected chi connectivity index (χ0v) is 12.1. The van der Waals surface area contributed by atoms with Crippen LogP contribution in [0.1, 0.15) is 37.8 Å². The Morgan fingerprint density at radius 2 is 2.16 bits per heavy atom. The van der Waals surface area contributed by atoms with Crippen LogP contribution in [-0.4, -0.2) is 46.4 Å². The maximum absolute atomic E-state index is 4.25. The highest BCUT2D eigenvalue weighted by molar-refractivity contribution is 5.02. The predicted molar refractivity (Wildman–Crippen MR) is 77.2 cm³/mol. The quantitative estimate of drug-likeness (QED) is 0.897. The van der Waals surface area contributed by atoms with E-state index in [4.69, 9.17) is 0 Å². The molecule has 19 heavy (non-hydrogen) atoms. The fourth-order valence-corrected chi connectivity index (χ4v) is 3.72. The fraction of sp³-hybridized carbons (Fsp3) is 0.800. The Hall–Kier alpha value is -0.870. The standard InChI is InChI=1S/C15H26N4/c1-18-14(5-9-17-18)6-11-19-12-10-16-15(13-19)7-3-2-4-8-15/h5,9,16H,2-4,6-8,10-13H2,1H3. The van der Waals surface area contributed by atoms with Gasteiger partial charge in [0.05, 0.1) is 0 Å². The van der Waals surface area contributed by atoms with Crippen LogP contribution in [0.2, 0.25) is 0 Å². The average Bonchev–Trinajstić information content (AvgIpc) is 2.83.